The zero-order valence-corrected chi connectivity index (χ0v) is 15.9. The third-order valence-electron chi connectivity index (χ3n) is 3.07. The van der Waals surface area contributed by atoms with Crippen molar-refractivity contribution in [3.8, 4) is 0 Å². The molecule has 0 bridgehead atoms. The molecule has 1 aromatic heterocycles. The maximum absolute atomic E-state index is 12.2. The first-order valence-corrected chi connectivity index (χ1v) is 7.94. The fraction of sp³-hybridized carbons (Fsp3) is 0.286. The van der Waals surface area contributed by atoms with Gasteiger partial charge in [0.15, 0.2) is 0 Å². The number of halogens is 3. The lowest BCUT2D eigenvalue weighted by Gasteiger charge is -2.24. The van der Waals surface area contributed by atoms with Gasteiger partial charge in [-0.3, -0.25) is 4.79 Å². The van der Waals surface area contributed by atoms with Crippen molar-refractivity contribution in [2.45, 2.75) is 18.9 Å². The van der Waals surface area contributed by atoms with Gasteiger partial charge in [-0.15, -0.1) is 36.2 Å². The molecular formula is C14H18BrCl2N3OS. The standard InChI is InChI=1S/C14H16BrN3OS.2ClH/c1-14(16,10-2-4-11(15)5-3-10)13(19)17-7-6-12-8-20-9-18-12;;/h2-5,8-9H,6-7,16H2,1H3,(H,17,19);2*1H. The summed E-state index contributed by atoms with van der Waals surface area (Å²) in [5, 5.41) is 4.84. The lowest BCUT2D eigenvalue weighted by molar-refractivity contribution is -0.126. The Hall–Kier alpha value is -0.660. The molecule has 0 saturated carbocycles. The van der Waals surface area contributed by atoms with Crippen LogP contribution in [-0.4, -0.2) is 17.4 Å². The van der Waals surface area contributed by atoms with Crippen molar-refractivity contribution < 1.29 is 4.79 Å². The molecule has 0 radical (unpaired) electrons. The molecule has 0 saturated heterocycles. The number of carbonyl (C=O) groups excluding carboxylic acids is 1. The minimum Gasteiger partial charge on any atom is -0.354 e. The van der Waals surface area contributed by atoms with E-state index in [4.69, 9.17) is 5.73 Å². The summed E-state index contributed by atoms with van der Waals surface area (Å²) < 4.78 is 0.959. The molecule has 1 atom stereocenters. The van der Waals surface area contributed by atoms with Crippen molar-refractivity contribution in [2.75, 3.05) is 6.54 Å². The van der Waals surface area contributed by atoms with Gasteiger partial charge < -0.3 is 11.1 Å². The highest BCUT2D eigenvalue weighted by Crippen LogP contribution is 2.20. The first-order valence-electron chi connectivity index (χ1n) is 6.20. The molecule has 122 valence electrons. The van der Waals surface area contributed by atoms with Crippen LogP contribution in [0.2, 0.25) is 0 Å². The normalized spacial score (nSPS) is 12.5. The second-order valence-corrected chi connectivity index (χ2v) is 6.33. The summed E-state index contributed by atoms with van der Waals surface area (Å²) in [6.07, 6.45) is 0.714. The highest BCUT2D eigenvalue weighted by molar-refractivity contribution is 9.10. The van der Waals surface area contributed by atoms with Crippen LogP contribution in [0, 0.1) is 0 Å². The molecule has 2 rings (SSSR count). The Morgan fingerprint density at radius 1 is 1.36 bits per heavy atom. The summed E-state index contributed by atoms with van der Waals surface area (Å²) in [5.74, 6) is -0.185. The summed E-state index contributed by atoms with van der Waals surface area (Å²) in [7, 11) is 0. The van der Waals surface area contributed by atoms with E-state index in [9.17, 15) is 4.79 Å². The number of nitrogens with one attached hydrogen (secondary N) is 1. The number of amides is 1. The third-order valence-corrected chi connectivity index (χ3v) is 4.23. The molecule has 1 heterocycles. The van der Waals surface area contributed by atoms with Crippen molar-refractivity contribution in [3.63, 3.8) is 0 Å². The van der Waals surface area contributed by atoms with Crippen LogP contribution in [0.5, 0.6) is 0 Å². The summed E-state index contributed by atoms with van der Waals surface area (Å²) >= 11 is 4.92. The number of nitrogens with zero attached hydrogens (tertiary/aromatic N) is 1. The van der Waals surface area contributed by atoms with Gasteiger partial charge in [0, 0.05) is 22.8 Å². The van der Waals surface area contributed by atoms with Crippen molar-refractivity contribution >= 4 is 58.0 Å². The number of benzene rings is 1. The number of carbonyl (C=O) groups is 1. The van der Waals surface area contributed by atoms with E-state index >= 15 is 0 Å². The second-order valence-electron chi connectivity index (χ2n) is 4.69. The Balaban J connectivity index is 0.00000220. The van der Waals surface area contributed by atoms with Gasteiger partial charge in [0.2, 0.25) is 5.91 Å². The topological polar surface area (TPSA) is 68.0 Å². The lowest BCUT2D eigenvalue weighted by atomic mass is 9.92. The van der Waals surface area contributed by atoms with Gasteiger partial charge in [-0.2, -0.15) is 0 Å². The average Bonchev–Trinajstić information content (AvgIpc) is 2.92. The molecule has 1 unspecified atom stereocenters. The highest BCUT2D eigenvalue weighted by Gasteiger charge is 2.30. The number of aromatic nitrogens is 1. The van der Waals surface area contributed by atoms with E-state index in [2.05, 4.69) is 26.2 Å². The first kappa shape index (κ1) is 21.3. The Labute approximate surface area is 154 Å². The lowest BCUT2D eigenvalue weighted by Crippen LogP contribution is -2.49. The number of rotatable bonds is 5. The predicted octanol–water partition coefficient (Wildman–Crippen LogP) is 3.28. The van der Waals surface area contributed by atoms with Gasteiger partial charge in [0.1, 0.15) is 5.54 Å². The molecule has 8 heteroatoms. The molecular weight excluding hydrogens is 409 g/mol. The summed E-state index contributed by atoms with van der Waals surface area (Å²) in [6, 6.07) is 7.46. The van der Waals surface area contributed by atoms with Crippen molar-refractivity contribution in [1.82, 2.24) is 10.3 Å². The van der Waals surface area contributed by atoms with Crippen LogP contribution >= 0.6 is 52.1 Å². The van der Waals surface area contributed by atoms with Gasteiger partial charge in [0.25, 0.3) is 0 Å². The smallest absolute Gasteiger partial charge is 0.244 e. The summed E-state index contributed by atoms with van der Waals surface area (Å²) in [6.45, 7) is 2.25. The minimum atomic E-state index is -1.04. The molecule has 2 aromatic rings. The van der Waals surface area contributed by atoms with E-state index in [1.165, 1.54) is 0 Å². The van der Waals surface area contributed by atoms with E-state index in [1.807, 2.05) is 29.6 Å². The average molecular weight is 427 g/mol. The largest absolute Gasteiger partial charge is 0.354 e. The van der Waals surface area contributed by atoms with Gasteiger partial charge in [-0.05, 0) is 24.6 Å². The van der Waals surface area contributed by atoms with E-state index in [0.29, 0.717) is 13.0 Å². The van der Waals surface area contributed by atoms with Gasteiger partial charge in [-0.25, -0.2) is 4.98 Å². The van der Waals surface area contributed by atoms with E-state index in [-0.39, 0.29) is 30.7 Å². The van der Waals surface area contributed by atoms with Crippen LogP contribution in [0.15, 0.2) is 39.6 Å². The highest BCUT2D eigenvalue weighted by atomic mass is 79.9. The maximum Gasteiger partial charge on any atom is 0.244 e. The second kappa shape index (κ2) is 9.47. The fourth-order valence-corrected chi connectivity index (χ4v) is 2.63. The fourth-order valence-electron chi connectivity index (χ4n) is 1.78. The molecule has 0 spiro atoms. The molecule has 1 aromatic carbocycles. The number of hydrogen-bond donors (Lipinski definition) is 2. The molecule has 0 aliphatic heterocycles. The van der Waals surface area contributed by atoms with Crippen LogP contribution in [0.4, 0.5) is 0 Å². The summed E-state index contributed by atoms with van der Waals surface area (Å²) in [4.78, 5) is 16.4. The Morgan fingerprint density at radius 3 is 2.55 bits per heavy atom. The Bertz CT molecular complexity index is 576. The van der Waals surface area contributed by atoms with Gasteiger partial charge in [0.05, 0.1) is 11.2 Å². The Kier molecular flexibility index (Phi) is 9.19. The minimum absolute atomic E-state index is 0. The molecule has 1 amide bonds. The first-order chi connectivity index (χ1) is 9.50. The van der Waals surface area contributed by atoms with Crippen molar-refractivity contribution in [3.05, 3.63) is 50.9 Å². The van der Waals surface area contributed by atoms with Crippen LogP contribution in [-0.2, 0) is 16.8 Å². The number of hydrogen-bond acceptors (Lipinski definition) is 4. The van der Waals surface area contributed by atoms with E-state index in [1.54, 1.807) is 23.8 Å². The quantitative estimate of drug-likeness (QED) is 0.770. The van der Waals surface area contributed by atoms with Crippen LogP contribution in [0.25, 0.3) is 0 Å². The van der Waals surface area contributed by atoms with Crippen LogP contribution < -0.4 is 11.1 Å². The Morgan fingerprint density at radius 2 is 2.00 bits per heavy atom. The zero-order chi connectivity index (χ0) is 14.6. The molecule has 22 heavy (non-hydrogen) atoms. The van der Waals surface area contributed by atoms with Gasteiger partial charge in [-0.1, -0.05) is 28.1 Å². The predicted molar refractivity (Wildman–Crippen MR) is 99.0 cm³/mol. The van der Waals surface area contributed by atoms with E-state index in [0.717, 1.165) is 15.7 Å². The van der Waals surface area contributed by atoms with Crippen molar-refractivity contribution in [2.24, 2.45) is 5.73 Å². The SMILES string of the molecule is CC(N)(C(=O)NCCc1cscn1)c1ccc(Br)cc1.Cl.Cl. The zero-order valence-electron chi connectivity index (χ0n) is 11.9. The number of nitrogens with two attached hydrogens (primary N) is 1. The maximum atomic E-state index is 12.2. The van der Waals surface area contributed by atoms with Crippen LogP contribution in [0.1, 0.15) is 18.2 Å². The molecule has 0 aliphatic carbocycles. The molecule has 0 aliphatic rings. The van der Waals surface area contributed by atoms with Gasteiger partial charge >= 0.3 is 0 Å². The number of thiazole rings is 1. The third kappa shape index (κ3) is 5.52. The molecule has 0 fully saturated rings. The van der Waals surface area contributed by atoms with Crippen LogP contribution in [0.3, 0.4) is 0 Å². The monoisotopic (exact) mass is 425 g/mol. The van der Waals surface area contributed by atoms with E-state index < -0.39 is 5.54 Å². The molecule has 4 nitrogen and oxygen atoms in total. The van der Waals surface area contributed by atoms with Crippen molar-refractivity contribution in [1.29, 1.82) is 0 Å². The summed E-state index contributed by atoms with van der Waals surface area (Å²) in [5.41, 5.74) is 8.66. The molecule has 3 N–H and O–H groups in total.